The average Bonchev–Trinajstić information content (AvgIpc) is 2.39. The molecule has 0 aliphatic heterocycles. The molecule has 0 atom stereocenters. The molecule has 0 unspecified atom stereocenters. The number of aryl methyl sites for hydroxylation is 1. The molecule has 6 heteroatoms. The van der Waals surface area contributed by atoms with Crippen molar-refractivity contribution in [2.45, 2.75) is 13.1 Å². The number of nitrogens with zero attached hydrogens (tertiary/aromatic N) is 2. The second kappa shape index (κ2) is 4.06. The van der Waals surface area contributed by atoms with Crippen LogP contribution in [0.15, 0.2) is 30.3 Å². The third-order valence-corrected chi connectivity index (χ3v) is 3.30. The number of halogens is 3. The van der Waals surface area contributed by atoms with Crippen molar-refractivity contribution in [3.05, 3.63) is 41.6 Å². The van der Waals surface area contributed by atoms with E-state index in [2.05, 4.69) is 10.2 Å². The summed E-state index contributed by atoms with van der Waals surface area (Å²) >= 11 is 0. The number of hydrogen-bond donors (Lipinski definition) is 1. The van der Waals surface area contributed by atoms with Gasteiger partial charge in [-0.25, -0.2) is 0 Å². The predicted molar refractivity (Wildman–Crippen MR) is 68.4 cm³/mol. The molecule has 0 spiro atoms. The molecular weight excluding hydrogens is 269 g/mol. The van der Waals surface area contributed by atoms with Gasteiger partial charge in [-0.3, -0.25) is 0 Å². The number of hydrogen-bond acceptors (Lipinski definition) is 3. The van der Waals surface area contributed by atoms with E-state index in [4.69, 9.17) is 0 Å². The number of alkyl halides is 3. The van der Waals surface area contributed by atoms with Crippen LogP contribution in [0.5, 0.6) is 5.88 Å². The monoisotopic (exact) mass is 278 g/mol. The van der Waals surface area contributed by atoms with Gasteiger partial charge in [-0.2, -0.15) is 13.2 Å². The van der Waals surface area contributed by atoms with Gasteiger partial charge in [0.25, 0.3) is 0 Å². The Morgan fingerprint density at radius 3 is 2.45 bits per heavy atom. The maximum Gasteiger partial charge on any atom is 0.435 e. The third kappa shape index (κ3) is 1.76. The van der Waals surface area contributed by atoms with Crippen molar-refractivity contribution < 1.29 is 18.3 Å². The van der Waals surface area contributed by atoms with Gasteiger partial charge in [0.05, 0.1) is 0 Å². The number of benzene rings is 2. The van der Waals surface area contributed by atoms with Crippen LogP contribution in [0.3, 0.4) is 0 Å². The number of fused-ring (bicyclic) bond motifs is 2. The molecule has 1 heterocycles. The smallest absolute Gasteiger partial charge is 0.435 e. The van der Waals surface area contributed by atoms with Crippen molar-refractivity contribution >= 4 is 21.5 Å². The van der Waals surface area contributed by atoms with Crippen LogP contribution in [0.2, 0.25) is 0 Å². The zero-order chi connectivity index (χ0) is 14.5. The molecule has 0 fully saturated rings. The van der Waals surface area contributed by atoms with Crippen LogP contribution in [0.1, 0.15) is 11.3 Å². The summed E-state index contributed by atoms with van der Waals surface area (Å²) in [6.07, 6.45) is -4.62. The van der Waals surface area contributed by atoms with Crippen LogP contribution in [0, 0.1) is 6.92 Å². The van der Waals surface area contributed by atoms with Crippen molar-refractivity contribution in [1.82, 2.24) is 10.2 Å². The highest BCUT2D eigenvalue weighted by atomic mass is 19.4. The van der Waals surface area contributed by atoms with E-state index in [0.29, 0.717) is 10.9 Å². The first-order chi connectivity index (χ1) is 9.39. The highest BCUT2D eigenvalue weighted by molar-refractivity contribution is 6.04. The van der Waals surface area contributed by atoms with E-state index in [1.165, 1.54) is 6.07 Å². The van der Waals surface area contributed by atoms with E-state index in [0.717, 1.165) is 5.39 Å². The van der Waals surface area contributed by atoms with E-state index >= 15 is 0 Å². The van der Waals surface area contributed by atoms with E-state index in [-0.39, 0.29) is 10.8 Å². The highest BCUT2D eigenvalue weighted by Gasteiger charge is 2.36. The molecule has 1 aromatic heterocycles. The van der Waals surface area contributed by atoms with Gasteiger partial charge in [-0.1, -0.05) is 24.3 Å². The molecule has 0 radical (unpaired) electrons. The summed E-state index contributed by atoms with van der Waals surface area (Å²) < 4.78 is 39.1. The Labute approximate surface area is 111 Å². The zero-order valence-electron chi connectivity index (χ0n) is 10.4. The zero-order valence-corrected chi connectivity index (χ0v) is 10.4. The molecule has 0 saturated carbocycles. The minimum absolute atomic E-state index is 0.0588. The van der Waals surface area contributed by atoms with Crippen molar-refractivity contribution in [3.63, 3.8) is 0 Å². The van der Waals surface area contributed by atoms with Crippen molar-refractivity contribution in [2.75, 3.05) is 0 Å². The fourth-order valence-electron chi connectivity index (χ4n) is 2.41. The van der Waals surface area contributed by atoms with Crippen LogP contribution >= 0.6 is 0 Å². The Morgan fingerprint density at radius 2 is 1.75 bits per heavy atom. The molecule has 0 aliphatic carbocycles. The number of rotatable bonds is 0. The lowest BCUT2D eigenvalue weighted by Gasteiger charge is -2.13. The number of aromatic hydroxyl groups is 1. The first-order valence-corrected chi connectivity index (χ1v) is 5.84. The first kappa shape index (κ1) is 12.7. The molecule has 0 amide bonds. The van der Waals surface area contributed by atoms with Crippen molar-refractivity contribution in [1.29, 1.82) is 0 Å². The fourth-order valence-corrected chi connectivity index (χ4v) is 2.41. The lowest BCUT2D eigenvalue weighted by atomic mass is 9.97. The summed E-state index contributed by atoms with van der Waals surface area (Å²) in [5, 5.41) is 17.4. The second-order valence-corrected chi connectivity index (χ2v) is 4.52. The van der Waals surface area contributed by atoms with E-state index < -0.39 is 17.8 Å². The standard InChI is InChI=1S/C14H9F3N2O/c1-7-9-5-3-2-4-8(9)6-10-11(7)12(14(15,16)17)18-19-13(10)20/h2-6H,1H3,(H,19,20). The highest BCUT2D eigenvalue weighted by Crippen LogP contribution is 2.39. The normalized spacial score (nSPS) is 12.2. The Kier molecular flexibility index (Phi) is 2.57. The molecule has 0 bridgehead atoms. The van der Waals surface area contributed by atoms with Gasteiger partial charge in [0.2, 0.25) is 5.88 Å². The van der Waals surface area contributed by atoms with Gasteiger partial charge in [0, 0.05) is 10.8 Å². The van der Waals surface area contributed by atoms with Crippen LogP contribution in [0.25, 0.3) is 21.5 Å². The minimum atomic E-state index is -4.62. The molecule has 3 aromatic rings. The SMILES string of the molecule is Cc1c2ccccc2cc2c(O)nnc(C(F)(F)F)c12. The van der Waals surface area contributed by atoms with Crippen molar-refractivity contribution in [2.24, 2.45) is 0 Å². The quantitative estimate of drug-likeness (QED) is 0.636. The molecule has 2 aromatic carbocycles. The topological polar surface area (TPSA) is 46.0 Å². The Balaban J connectivity index is 2.58. The summed E-state index contributed by atoms with van der Waals surface area (Å²) in [4.78, 5) is 0. The number of aromatic nitrogens is 2. The summed E-state index contributed by atoms with van der Waals surface area (Å²) in [5.74, 6) is -0.498. The third-order valence-electron chi connectivity index (χ3n) is 3.30. The van der Waals surface area contributed by atoms with Crippen molar-refractivity contribution in [3.8, 4) is 5.88 Å². The van der Waals surface area contributed by atoms with Crippen LogP contribution in [-0.4, -0.2) is 15.3 Å². The minimum Gasteiger partial charge on any atom is -0.492 e. The fraction of sp³-hybridized carbons (Fsp3) is 0.143. The predicted octanol–water partition coefficient (Wildman–Crippen LogP) is 3.82. The maximum atomic E-state index is 13.0. The van der Waals surface area contributed by atoms with Gasteiger partial charge in [0.1, 0.15) is 0 Å². The summed E-state index contributed by atoms with van der Waals surface area (Å²) in [5.41, 5.74) is -0.649. The lowest BCUT2D eigenvalue weighted by molar-refractivity contribution is -0.140. The van der Waals surface area contributed by atoms with E-state index in [1.807, 2.05) is 0 Å². The Hall–Kier alpha value is -2.37. The summed E-state index contributed by atoms with van der Waals surface area (Å²) in [6.45, 7) is 1.58. The molecule has 3 nitrogen and oxygen atoms in total. The van der Waals surface area contributed by atoms with E-state index in [1.54, 1.807) is 31.2 Å². The van der Waals surface area contributed by atoms with Gasteiger partial charge >= 0.3 is 6.18 Å². The van der Waals surface area contributed by atoms with Gasteiger partial charge in [0.15, 0.2) is 5.69 Å². The lowest BCUT2D eigenvalue weighted by Crippen LogP contribution is -2.11. The summed E-state index contributed by atoms with van der Waals surface area (Å²) in [7, 11) is 0. The molecular formula is C14H9F3N2O. The molecule has 0 aliphatic rings. The molecule has 20 heavy (non-hydrogen) atoms. The van der Waals surface area contributed by atoms with Crippen LogP contribution < -0.4 is 0 Å². The molecule has 102 valence electrons. The largest absolute Gasteiger partial charge is 0.492 e. The van der Waals surface area contributed by atoms with Gasteiger partial charge < -0.3 is 5.11 Å². The Bertz CT molecular complexity index is 828. The van der Waals surface area contributed by atoms with Gasteiger partial charge in [-0.05, 0) is 29.3 Å². The molecule has 1 N–H and O–H groups in total. The van der Waals surface area contributed by atoms with Gasteiger partial charge in [-0.15, -0.1) is 10.2 Å². The van der Waals surface area contributed by atoms with Crippen LogP contribution in [-0.2, 0) is 6.18 Å². The average molecular weight is 278 g/mol. The Morgan fingerprint density at radius 1 is 1.05 bits per heavy atom. The molecule has 0 saturated heterocycles. The molecule has 3 rings (SSSR count). The van der Waals surface area contributed by atoms with E-state index in [9.17, 15) is 18.3 Å². The first-order valence-electron chi connectivity index (χ1n) is 5.84. The maximum absolute atomic E-state index is 13.0. The van der Waals surface area contributed by atoms with Crippen LogP contribution in [0.4, 0.5) is 13.2 Å². The second-order valence-electron chi connectivity index (χ2n) is 4.52. The summed E-state index contributed by atoms with van der Waals surface area (Å²) in [6, 6.07) is 8.54.